The molecule has 0 radical (unpaired) electrons. The lowest BCUT2D eigenvalue weighted by molar-refractivity contribution is -0.307. The van der Waals surface area contributed by atoms with Gasteiger partial charge in [-0.3, -0.25) is 19.3 Å². The molecule has 8 nitrogen and oxygen atoms in total. The minimum absolute atomic E-state index is 0.0997. The van der Waals surface area contributed by atoms with Gasteiger partial charge in [0.05, 0.1) is 27.0 Å². The molecule has 1 aromatic rings. The monoisotopic (exact) mass is 476 g/mol. The summed E-state index contributed by atoms with van der Waals surface area (Å²) >= 11 is 9.96. The number of hydrogen-bond donors (Lipinski definition) is 0. The van der Waals surface area contributed by atoms with Crippen molar-refractivity contribution in [2.75, 3.05) is 19.8 Å². The quantitative estimate of drug-likeness (QED) is 0.432. The van der Waals surface area contributed by atoms with Gasteiger partial charge in [0.2, 0.25) is 0 Å². The van der Waals surface area contributed by atoms with Crippen molar-refractivity contribution in [2.45, 2.75) is 6.92 Å². The number of carbonyl (C=O) groups is 4. The first-order valence-corrected chi connectivity index (χ1v) is 9.44. The molecule has 144 valence electrons. The number of carboxylic acids is 1. The van der Waals surface area contributed by atoms with E-state index in [4.69, 9.17) is 21.1 Å². The van der Waals surface area contributed by atoms with Crippen LogP contribution in [0.2, 0.25) is 5.02 Å². The van der Waals surface area contributed by atoms with E-state index in [0.29, 0.717) is 21.8 Å². The topological polar surface area (TPSA) is 113 Å². The van der Waals surface area contributed by atoms with Crippen LogP contribution in [0.4, 0.5) is 4.79 Å². The molecule has 0 aliphatic carbocycles. The number of hydrogen-bond acceptors (Lipinski definition) is 8. The van der Waals surface area contributed by atoms with E-state index in [9.17, 15) is 24.3 Å². The molecule has 0 unspecified atom stereocenters. The van der Waals surface area contributed by atoms with Crippen molar-refractivity contribution in [1.82, 2.24) is 4.90 Å². The summed E-state index contributed by atoms with van der Waals surface area (Å²) in [5.74, 6) is -2.60. The van der Waals surface area contributed by atoms with Gasteiger partial charge >= 0.3 is 5.97 Å². The summed E-state index contributed by atoms with van der Waals surface area (Å²) in [6.45, 7) is 0.623. The number of carbonyl (C=O) groups excluding carboxylic acids is 4. The van der Waals surface area contributed by atoms with E-state index in [2.05, 4.69) is 15.9 Å². The molecule has 0 spiro atoms. The average Bonchev–Trinajstić information content (AvgIpc) is 2.81. The number of carboxylic acid groups (broad SMARTS) is 1. The maximum atomic E-state index is 12.3. The van der Waals surface area contributed by atoms with Gasteiger partial charge in [-0.25, -0.2) is 0 Å². The predicted molar refractivity (Wildman–Crippen MR) is 99.0 cm³/mol. The summed E-state index contributed by atoms with van der Waals surface area (Å²) in [5.41, 5.74) is 0.467. The largest absolute Gasteiger partial charge is 0.546 e. The Morgan fingerprint density at radius 3 is 2.67 bits per heavy atom. The first-order valence-electron chi connectivity index (χ1n) is 7.45. The van der Waals surface area contributed by atoms with E-state index in [-0.39, 0.29) is 22.3 Å². The normalized spacial score (nSPS) is 15.4. The van der Waals surface area contributed by atoms with E-state index in [1.165, 1.54) is 18.2 Å². The highest BCUT2D eigenvalue weighted by Gasteiger charge is 2.36. The summed E-state index contributed by atoms with van der Waals surface area (Å²) < 4.78 is 10.1. The van der Waals surface area contributed by atoms with Gasteiger partial charge in [0, 0.05) is 0 Å². The standard InChI is InChI=1S/C16H13BrClNO7S/c1-2-25-13(22)6-19-15(23)11(27-16(19)24)5-8-3-9(17)14(10(18)4-8)26-7-12(20)21/h3-5H,2,6-7H2,1H3,(H,20,21)/p-1/b11-5+. The molecular weight excluding hydrogens is 466 g/mol. The molecule has 0 bridgehead atoms. The van der Waals surface area contributed by atoms with Crippen LogP contribution in [0.15, 0.2) is 21.5 Å². The Morgan fingerprint density at radius 1 is 1.37 bits per heavy atom. The number of thioether (sulfide) groups is 1. The molecule has 0 aromatic heterocycles. The summed E-state index contributed by atoms with van der Waals surface area (Å²) in [5, 5.41) is 10.0. The van der Waals surface area contributed by atoms with Crippen LogP contribution >= 0.6 is 39.3 Å². The van der Waals surface area contributed by atoms with Crippen molar-refractivity contribution in [3.05, 3.63) is 32.1 Å². The highest BCUT2D eigenvalue weighted by Crippen LogP contribution is 2.37. The van der Waals surface area contributed by atoms with Gasteiger partial charge in [-0.1, -0.05) is 11.6 Å². The molecule has 0 N–H and O–H groups in total. The van der Waals surface area contributed by atoms with Crippen LogP contribution in [0.1, 0.15) is 12.5 Å². The number of benzene rings is 1. The van der Waals surface area contributed by atoms with E-state index in [1.807, 2.05) is 0 Å². The number of amides is 2. The maximum absolute atomic E-state index is 12.3. The van der Waals surface area contributed by atoms with Crippen LogP contribution in [0.5, 0.6) is 5.75 Å². The molecule has 1 saturated heterocycles. The zero-order valence-electron chi connectivity index (χ0n) is 13.8. The molecule has 1 aromatic carbocycles. The second-order valence-electron chi connectivity index (χ2n) is 5.05. The molecule has 0 atom stereocenters. The zero-order chi connectivity index (χ0) is 20.1. The summed E-state index contributed by atoms with van der Waals surface area (Å²) in [6, 6.07) is 2.98. The lowest BCUT2D eigenvalue weighted by Crippen LogP contribution is -2.34. The van der Waals surface area contributed by atoms with Crippen LogP contribution in [0.3, 0.4) is 0 Å². The Kier molecular flexibility index (Phi) is 7.28. The first-order chi connectivity index (χ1) is 12.7. The number of aliphatic carboxylic acids is 1. The number of halogens is 2. The summed E-state index contributed by atoms with van der Waals surface area (Å²) in [7, 11) is 0. The third-order valence-corrected chi connectivity index (χ3v) is 4.90. The molecule has 27 heavy (non-hydrogen) atoms. The third-order valence-electron chi connectivity index (χ3n) is 3.12. The van der Waals surface area contributed by atoms with Gasteiger partial charge in [0.25, 0.3) is 11.1 Å². The molecule has 1 aliphatic rings. The summed E-state index contributed by atoms with van der Waals surface area (Å²) in [4.78, 5) is 47.2. The Balaban J connectivity index is 2.21. The number of esters is 1. The average molecular weight is 478 g/mol. The number of imide groups is 1. The van der Waals surface area contributed by atoms with E-state index in [0.717, 1.165) is 4.90 Å². The summed E-state index contributed by atoms with van der Waals surface area (Å²) in [6.07, 6.45) is 1.43. The molecule has 0 saturated carbocycles. The highest BCUT2D eigenvalue weighted by atomic mass is 79.9. The van der Waals surface area contributed by atoms with Crippen molar-refractivity contribution < 1.29 is 33.8 Å². The first kappa shape index (κ1) is 21.3. The lowest BCUT2D eigenvalue weighted by atomic mass is 10.2. The maximum Gasteiger partial charge on any atom is 0.326 e. The lowest BCUT2D eigenvalue weighted by Gasteiger charge is -2.12. The minimum atomic E-state index is -1.41. The van der Waals surface area contributed by atoms with Crippen molar-refractivity contribution >= 4 is 68.5 Å². The van der Waals surface area contributed by atoms with Crippen LogP contribution in [0.25, 0.3) is 6.08 Å². The molecule has 1 fully saturated rings. The highest BCUT2D eigenvalue weighted by molar-refractivity contribution is 9.10. The number of ether oxygens (including phenoxy) is 2. The molecule has 1 heterocycles. The Hall–Kier alpha value is -2.04. The molecule has 2 rings (SSSR count). The Morgan fingerprint density at radius 2 is 2.07 bits per heavy atom. The van der Waals surface area contributed by atoms with Crippen LogP contribution in [-0.2, 0) is 19.1 Å². The van der Waals surface area contributed by atoms with E-state index < -0.39 is 36.2 Å². The van der Waals surface area contributed by atoms with Gasteiger partial charge in [-0.05, 0) is 58.4 Å². The second-order valence-corrected chi connectivity index (χ2v) is 7.30. The predicted octanol–water partition coefficient (Wildman–Crippen LogP) is 1.83. The van der Waals surface area contributed by atoms with Crippen molar-refractivity contribution in [1.29, 1.82) is 0 Å². The van der Waals surface area contributed by atoms with Gasteiger partial charge < -0.3 is 19.4 Å². The van der Waals surface area contributed by atoms with Crippen LogP contribution in [0, 0.1) is 0 Å². The van der Waals surface area contributed by atoms with Crippen molar-refractivity contribution in [3.63, 3.8) is 0 Å². The van der Waals surface area contributed by atoms with E-state index >= 15 is 0 Å². The number of rotatable bonds is 7. The third kappa shape index (κ3) is 5.47. The zero-order valence-corrected chi connectivity index (χ0v) is 17.0. The van der Waals surface area contributed by atoms with Gasteiger partial charge in [0.1, 0.15) is 13.2 Å². The van der Waals surface area contributed by atoms with Gasteiger partial charge in [0.15, 0.2) is 5.75 Å². The van der Waals surface area contributed by atoms with Crippen molar-refractivity contribution in [3.8, 4) is 5.75 Å². The number of nitrogens with zero attached hydrogens (tertiary/aromatic N) is 1. The molecular formula is C16H12BrClNO7S-. The Bertz CT molecular complexity index is 819. The second kappa shape index (κ2) is 9.25. The minimum Gasteiger partial charge on any atom is -0.546 e. The Labute approximate surface area is 171 Å². The van der Waals surface area contributed by atoms with Crippen molar-refractivity contribution in [2.24, 2.45) is 0 Å². The smallest absolute Gasteiger partial charge is 0.326 e. The fourth-order valence-corrected chi connectivity index (χ4v) is 3.88. The van der Waals surface area contributed by atoms with E-state index in [1.54, 1.807) is 6.92 Å². The molecule has 11 heteroatoms. The van der Waals surface area contributed by atoms with Crippen LogP contribution in [-0.4, -0.2) is 47.7 Å². The fraction of sp³-hybridized carbons (Fsp3) is 0.250. The fourth-order valence-electron chi connectivity index (χ4n) is 2.06. The van der Waals surface area contributed by atoms with Crippen LogP contribution < -0.4 is 9.84 Å². The molecule has 2 amide bonds. The van der Waals surface area contributed by atoms with Gasteiger partial charge in [-0.2, -0.15) is 0 Å². The SMILES string of the molecule is CCOC(=O)CN1C(=O)S/C(=C/c2cc(Cl)c(OCC(=O)[O-])c(Br)c2)C1=O. The molecule has 1 aliphatic heterocycles. The van der Waals surface area contributed by atoms with Gasteiger partial charge in [-0.15, -0.1) is 0 Å².